The number of carbonyl (C=O) groups is 1. The molecule has 0 bridgehead atoms. The van der Waals surface area contributed by atoms with Crippen LogP contribution in [-0.2, 0) is 17.7 Å². The van der Waals surface area contributed by atoms with Crippen LogP contribution in [0.3, 0.4) is 0 Å². The molecule has 5 nitrogen and oxygen atoms in total. The van der Waals surface area contributed by atoms with Crippen molar-refractivity contribution >= 4 is 17.7 Å². The molecule has 6 heteroatoms. The molecule has 2 aromatic rings. The molecule has 136 valence electrons. The summed E-state index contributed by atoms with van der Waals surface area (Å²) in [7, 11) is 0. The average Bonchev–Trinajstić information content (AvgIpc) is 3.11. The van der Waals surface area contributed by atoms with Crippen LogP contribution in [-0.4, -0.2) is 52.7 Å². The Kier molecular flexibility index (Phi) is 4.83. The first kappa shape index (κ1) is 17.3. The van der Waals surface area contributed by atoms with Gasteiger partial charge < -0.3 is 4.74 Å². The van der Waals surface area contributed by atoms with Gasteiger partial charge in [0.05, 0.1) is 11.7 Å². The molecular weight excluding hydrogens is 350 g/mol. The summed E-state index contributed by atoms with van der Waals surface area (Å²) in [6.07, 6.45) is 2.36. The maximum atomic E-state index is 12.2. The molecule has 4 rings (SSSR count). The van der Waals surface area contributed by atoms with Crippen molar-refractivity contribution in [2.45, 2.75) is 32.0 Å². The highest BCUT2D eigenvalue weighted by Crippen LogP contribution is 2.28. The number of hydrogen-bond acceptors (Lipinski definition) is 4. The Morgan fingerprint density at radius 3 is 2.96 bits per heavy atom. The van der Waals surface area contributed by atoms with E-state index in [0.29, 0.717) is 6.54 Å². The number of fused-ring (bicyclic) bond motifs is 1. The van der Waals surface area contributed by atoms with Crippen molar-refractivity contribution in [2.75, 3.05) is 19.6 Å². The number of rotatable bonds is 5. The number of benzene rings is 1. The molecule has 0 unspecified atom stereocenters. The average molecular weight is 372 g/mol. The van der Waals surface area contributed by atoms with Crippen LogP contribution in [0.25, 0.3) is 0 Å². The van der Waals surface area contributed by atoms with Crippen LogP contribution in [0.5, 0.6) is 0 Å². The van der Waals surface area contributed by atoms with Crippen LogP contribution in [0.1, 0.15) is 16.8 Å². The van der Waals surface area contributed by atoms with Crippen molar-refractivity contribution in [3.8, 4) is 0 Å². The highest BCUT2D eigenvalue weighted by molar-refractivity contribution is 6.30. The number of amides is 1. The second-order valence-corrected chi connectivity index (χ2v) is 7.46. The molecule has 0 spiro atoms. The summed E-state index contributed by atoms with van der Waals surface area (Å²) in [5, 5.41) is 0.724. The lowest BCUT2D eigenvalue weighted by Gasteiger charge is -2.22. The van der Waals surface area contributed by atoms with Crippen LogP contribution in [0, 0.1) is 6.92 Å². The first-order chi connectivity index (χ1) is 12.6. The number of aromatic nitrogens is 1. The third-order valence-corrected chi connectivity index (χ3v) is 5.46. The van der Waals surface area contributed by atoms with E-state index in [1.165, 1.54) is 5.56 Å². The second-order valence-electron chi connectivity index (χ2n) is 7.02. The van der Waals surface area contributed by atoms with Gasteiger partial charge in [0.15, 0.2) is 0 Å². The van der Waals surface area contributed by atoms with Crippen molar-refractivity contribution in [3.63, 3.8) is 0 Å². The maximum Gasteiger partial charge on any atom is 0.410 e. The Balaban J connectivity index is 1.39. The van der Waals surface area contributed by atoms with Gasteiger partial charge in [0.2, 0.25) is 0 Å². The summed E-state index contributed by atoms with van der Waals surface area (Å²) in [6, 6.07) is 11.9. The van der Waals surface area contributed by atoms with E-state index in [4.69, 9.17) is 16.3 Å². The summed E-state index contributed by atoms with van der Waals surface area (Å²) in [5.74, 6) is 0. The fraction of sp³-hybridized carbons (Fsp3) is 0.400. The summed E-state index contributed by atoms with van der Waals surface area (Å²) < 4.78 is 5.61. The molecule has 1 aromatic heterocycles. The fourth-order valence-corrected chi connectivity index (χ4v) is 4.02. The van der Waals surface area contributed by atoms with E-state index in [2.05, 4.69) is 22.9 Å². The monoisotopic (exact) mass is 371 g/mol. The summed E-state index contributed by atoms with van der Waals surface area (Å²) >= 11 is 6.05. The first-order valence-corrected chi connectivity index (χ1v) is 9.32. The zero-order chi connectivity index (χ0) is 18.1. The van der Waals surface area contributed by atoms with Crippen molar-refractivity contribution in [2.24, 2.45) is 0 Å². The minimum Gasteiger partial charge on any atom is -0.442 e. The van der Waals surface area contributed by atoms with Crippen molar-refractivity contribution < 1.29 is 9.53 Å². The van der Waals surface area contributed by atoms with E-state index in [9.17, 15) is 4.79 Å². The first-order valence-electron chi connectivity index (χ1n) is 8.95. The van der Waals surface area contributed by atoms with Gasteiger partial charge in [-0.3, -0.25) is 14.8 Å². The van der Waals surface area contributed by atoms with Gasteiger partial charge in [-0.1, -0.05) is 29.8 Å². The lowest BCUT2D eigenvalue weighted by atomic mass is 10.1. The molecule has 26 heavy (non-hydrogen) atoms. The van der Waals surface area contributed by atoms with Crippen LogP contribution < -0.4 is 0 Å². The van der Waals surface area contributed by atoms with Crippen LogP contribution in [0.2, 0.25) is 5.02 Å². The van der Waals surface area contributed by atoms with E-state index in [0.717, 1.165) is 42.3 Å². The number of nitrogens with zero attached hydrogens (tertiary/aromatic N) is 3. The smallest absolute Gasteiger partial charge is 0.410 e. The Morgan fingerprint density at radius 2 is 2.15 bits per heavy atom. The molecule has 0 N–H and O–H groups in total. The third-order valence-electron chi connectivity index (χ3n) is 5.22. The van der Waals surface area contributed by atoms with Crippen LogP contribution >= 0.6 is 11.6 Å². The van der Waals surface area contributed by atoms with E-state index in [1.807, 2.05) is 41.4 Å². The number of likely N-dealkylation sites (tertiary alicyclic amines) is 1. The van der Waals surface area contributed by atoms with Gasteiger partial charge >= 0.3 is 6.09 Å². The highest BCUT2D eigenvalue weighted by Gasteiger charge is 2.47. The zero-order valence-corrected chi connectivity index (χ0v) is 15.5. The molecule has 2 saturated heterocycles. The molecule has 2 fully saturated rings. The lowest BCUT2D eigenvalue weighted by Crippen LogP contribution is -2.39. The molecule has 0 radical (unpaired) electrons. The molecule has 2 aliphatic heterocycles. The largest absolute Gasteiger partial charge is 0.442 e. The number of aryl methyl sites for hydroxylation is 1. The van der Waals surface area contributed by atoms with Crippen LogP contribution in [0.4, 0.5) is 4.79 Å². The molecule has 1 amide bonds. The zero-order valence-electron chi connectivity index (χ0n) is 14.8. The minimum absolute atomic E-state index is 0.0501. The molecule has 2 aliphatic rings. The minimum atomic E-state index is -0.198. The SMILES string of the molecule is Cc1cccnc1CN1C[C@@H]2OC(=O)N(CCc3cccc(Cl)c3)[C@@H]2C1. The van der Waals surface area contributed by atoms with Gasteiger partial charge in [0.25, 0.3) is 0 Å². The third kappa shape index (κ3) is 3.55. The van der Waals surface area contributed by atoms with Gasteiger partial charge in [-0.2, -0.15) is 0 Å². The van der Waals surface area contributed by atoms with E-state index < -0.39 is 0 Å². The Morgan fingerprint density at radius 1 is 1.27 bits per heavy atom. The topological polar surface area (TPSA) is 45.7 Å². The molecule has 3 heterocycles. The Hall–Kier alpha value is -2.11. The summed E-state index contributed by atoms with van der Waals surface area (Å²) in [6.45, 7) is 5.11. The molecule has 1 aromatic carbocycles. The predicted octanol–water partition coefficient (Wildman–Crippen LogP) is 3.29. The number of pyridine rings is 1. The van der Waals surface area contributed by atoms with Crippen molar-refractivity contribution in [1.82, 2.24) is 14.8 Å². The van der Waals surface area contributed by atoms with Gasteiger partial charge in [-0.25, -0.2) is 4.79 Å². The molecule has 2 atom stereocenters. The fourth-order valence-electron chi connectivity index (χ4n) is 3.80. The maximum absolute atomic E-state index is 12.2. The second kappa shape index (κ2) is 7.25. The predicted molar refractivity (Wildman–Crippen MR) is 100 cm³/mol. The number of carbonyl (C=O) groups excluding carboxylic acids is 1. The summed E-state index contributed by atoms with van der Waals surface area (Å²) in [5.41, 5.74) is 3.41. The van der Waals surface area contributed by atoms with Crippen LogP contribution in [0.15, 0.2) is 42.6 Å². The number of halogens is 1. The van der Waals surface area contributed by atoms with Crippen molar-refractivity contribution in [3.05, 3.63) is 64.4 Å². The number of hydrogen-bond donors (Lipinski definition) is 0. The van der Waals surface area contributed by atoms with E-state index in [-0.39, 0.29) is 18.2 Å². The normalized spacial score (nSPS) is 22.5. The summed E-state index contributed by atoms with van der Waals surface area (Å²) in [4.78, 5) is 20.9. The van der Waals surface area contributed by atoms with E-state index >= 15 is 0 Å². The molecular formula is C20H22ClN3O2. The quantitative estimate of drug-likeness (QED) is 0.809. The van der Waals surface area contributed by atoms with Gasteiger partial charge in [0.1, 0.15) is 6.10 Å². The van der Waals surface area contributed by atoms with Crippen molar-refractivity contribution in [1.29, 1.82) is 0 Å². The molecule has 0 saturated carbocycles. The molecule has 0 aliphatic carbocycles. The lowest BCUT2D eigenvalue weighted by molar-refractivity contribution is 0.120. The van der Waals surface area contributed by atoms with E-state index in [1.54, 1.807) is 0 Å². The van der Waals surface area contributed by atoms with Gasteiger partial charge in [0, 0.05) is 37.4 Å². The highest BCUT2D eigenvalue weighted by atomic mass is 35.5. The number of ether oxygens (including phenoxy) is 1. The Labute approximate surface area is 158 Å². The van der Waals surface area contributed by atoms with Gasteiger partial charge in [-0.05, 0) is 42.7 Å². The van der Waals surface area contributed by atoms with Gasteiger partial charge in [-0.15, -0.1) is 0 Å². The Bertz CT molecular complexity index is 813. The standard InChI is InChI=1S/C20H22ClN3O2/c1-14-4-3-8-22-17(14)11-23-12-18-19(13-23)26-20(25)24(18)9-7-15-5-2-6-16(21)10-15/h2-6,8,10,18-19H,7,9,11-13H2,1H3/t18-,19+/m1/s1.